The molecule has 0 radical (unpaired) electrons. The Balaban J connectivity index is 1.54. The normalized spacial score (nSPS) is 15.8. The van der Waals surface area contributed by atoms with E-state index in [0.717, 1.165) is 34.2 Å². The summed E-state index contributed by atoms with van der Waals surface area (Å²) in [7, 11) is 0. The summed E-state index contributed by atoms with van der Waals surface area (Å²) in [5.74, 6) is -3.48. The lowest BCUT2D eigenvalue weighted by Gasteiger charge is -2.38. The van der Waals surface area contributed by atoms with Crippen molar-refractivity contribution in [3.63, 3.8) is 0 Å². The Kier molecular flexibility index (Phi) is 9.49. The Morgan fingerprint density at radius 3 is 2.17 bits per heavy atom. The predicted molar refractivity (Wildman–Crippen MR) is 146 cm³/mol. The topological polar surface area (TPSA) is 85.2 Å². The summed E-state index contributed by atoms with van der Waals surface area (Å²) in [5, 5.41) is 15.4. The smallest absolute Gasteiger partial charge is 0.340 e. The van der Waals surface area contributed by atoms with Gasteiger partial charge >= 0.3 is 6.18 Å². The largest absolute Gasteiger partial charge is 0.401 e. The number of hydrogen-bond donors (Lipinski definition) is 2. The summed E-state index contributed by atoms with van der Waals surface area (Å²) in [4.78, 5) is 27.7. The number of piperidine rings is 1. The summed E-state index contributed by atoms with van der Waals surface area (Å²) in [6.45, 7) is -1.36. The van der Waals surface area contributed by atoms with Crippen molar-refractivity contribution in [2.24, 2.45) is 0 Å². The predicted octanol–water partition coefficient (Wildman–Crippen LogP) is 5.66. The van der Waals surface area contributed by atoms with Crippen molar-refractivity contribution in [3.05, 3.63) is 94.5 Å². The highest BCUT2D eigenvalue weighted by molar-refractivity contribution is 6.33. The fourth-order valence-corrected chi connectivity index (χ4v) is 5.06. The van der Waals surface area contributed by atoms with E-state index in [9.17, 15) is 36.8 Å². The Labute approximate surface area is 244 Å². The SMILES string of the molecule is N#CC1(NC(=O)[C@H](Cc2c(F)cccc2F)NC(=O)c2ccc(-c3ccccc3Cl)cc2)CCN(CC(F)(F)F)CC1. The van der Waals surface area contributed by atoms with Gasteiger partial charge in [-0.25, -0.2) is 8.78 Å². The van der Waals surface area contributed by atoms with E-state index in [0.29, 0.717) is 5.02 Å². The van der Waals surface area contributed by atoms with Crippen molar-refractivity contribution >= 4 is 23.4 Å². The highest BCUT2D eigenvalue weighted by Crippen LogP contribution is 2.28. The molecule has 3 aromatic carbocycles. The molecular formula is C30H26ClF5N4O2. The molecule has 1 fully saturated rings. The lowest BCUT2D eigenvalue weighted by atomic mass is 9.88. The number of likely N-dealkylation sites (tertiary alicyclic amines) is 1. The summed E-state index contributed by atoms with van der Waals surface area (Å²) >= 11 is 6.25. The van der Waals surface area contributed by atoms with E-state index in [1.54, 1.807) is 36.4 Å². The van der Waals surface area contributed by atoms with Crippen molar-refractivity contribution in [2.45, 2.75) is 37.0 Å². The van der Waals surface area contributed by atoms with Crippen LogP contribution in [0.5, 0.6) is 0 Å². The van der Waals surface area contributed by atoms with Gasteiger partial charge in [0.2, 0.25) is 5.91 Å². The van der Waals surface area contributed by atoms with E-state index < -0.39 is 59.7 Å². The van der Waals surface area contributed by atoms with Gasteiger partial charge in [-0.2, -0.15) is 18.4 Å². The molecule has 1 aliphatic heterocycles. The molecule has 0 bridgehead atoms. The van der Waals surface area contributed by atoms with Crippen LogP contribution in [0.15, 0.2) is 66.7 Å². The maximum Gasteiger partial charge on any atom is 0.401 e. The van der Waals surface area contributed by atoms with Crippen molar-refractivity contribution < 1.29 is 31.5 Å². The molecule has 0 unspecified atom stereocenters. The monoisotopic (exact) mass is 604 g/mol. The van der Waals surface area contributed by atoms with E-state index >= 15 is 0 Å². The first-order chi connectivity index (χ1) is 19.9. The second-order valence-electron chi connectivity index (χ2n) is 10.1. The van der Waals surface area contributed by atoms with Crippen LogP contribution in [0.25, 0.3) is 11.1 Å². The number of alkyl halides is 3. The lowest BCUT2D eigenvalue weighted by Crippen LogP contribution is -2.59. The number of halogens is 6. The Morgan fingerprint density at radius 2 is 1.60 bits per heavy atom. The van der Waals surface area contributed by atoms with Crippen LogP contribution in [0, 0.1) is 23.0 Å². The van der Waals surface area contributed by atoms with Crippen molar-refractivity contribution in [3.8, 4) is 17.2 Å². The van der Waals surface area contributed by atoms with Gasteiger partial charge in [0.1, 0.15) is 23.2 Å². The van der Waals surface area contributed by atoms with Gasteiger partial charge in [0, 0.05) is 41.2 Å². The molecule has 0 saturated carbocycles. The number of nitrogens with zero attached hydrogens (tertiary/aromatic N) is 2. The molecular weight excluding hydrogens is 579 g/mol. The van der Waals surface area contributed by atoms with Crippen LogP contribution in [0.1, 0.15) is 28.8 Å². The Hall–Kier alpha value is -4.01. The van der Waals surface area contributed by atoms with E-state index in [1.165, 1.54) is 12.1 Å². The molecule has 3 aromatic rings. The van der Waals surface area contributed by atoms with Gasteiger partial charge in [0.15, 0.2) is 0 Å². The van der Waals surface area contributed by atoms with Crippen LogP contribution in [0.3, 0.4) is 0 Å². The fourth-order valence-electron chi connectivity index (χ4n) is 4.81. The zero-order valence-electron chi connectivity index (χ0n) is 22.1. The first-order valence-electron chi connectivity index (χ1n) is 13.0. The van der Waals surface area contributed by atoms with Gasteiger partial charge in [0.05, 0.1) is 12.6 Å². The zero-order chi connectivity index (χ0) is 30.5. The highest BCUT2D eigenvalue weighted by atomic mass is 35.5. The Bertz CT molecular complexity index is 1460. The van der Waals surface area contributed by atoms with Crippen molar-refractivity contribution in [1.29, 1.82) is 5.26 Å². The summed E-state index contributed by atoms with van der Waals surface area (Å²) in [6, 6.07) is 17.1. The molecule has 12 heteroatoms. The fraction of sp³-hybridized carbons (Fsp3) is 0.300. The average Bonchev–Trinajstić information content (AvgIpc) is 2.95. The molecule has 1 aliphatic rings. The van der Waals surface area contributed by atoms with Crippen LogP contribution >= 0.6 is 11.6 Å². The molecule has 1 heterocycles. The molecule has 4 rings (SSSR count). The number of carbonyl (C=O) groups excluding carboxylic acids is 2. The highest BCUT2D eigenvalue weighted by Gasteiger charge is 2.41. The Morgan fingerprint density at radius 1 is 0.976 bits per heavy atom. The van der Waals surface area contributed by atoms with Crippen LogP contribution in [0.2, 0.25) is 5.02 Å². The third-order valence-corrected chi connectivity index (χ3v) is 7.44. The minimum atomic E-state index is -4.42. The number of nitrogens with one attached hydrogen (secondary N) is 2. The number of rotatable bonds is 8. The molecule has 220 valence electrons. The average molecular weight is 605 g/mol. The minimum absolute atomic E-state index is 0.107. The van der Waals surface area contributed by atoms with Gasteiger partial charge in [-0.3, -0.25) is 14.5 Å². The number of hydrogen-bond acceptors (Lipinski definition) is 4. The maximum atomic E-state index is 14.5. The second kappa shape index (κ2) is 12.9. The number of benzene rings is 3. The van der Waals surface area contributed by atoms with E-state index in [2.05, 4.69) is 10.6 Å². The minimum Gasteiger partial charge on any atom is -0.340 e. The van der Waals surface area contributed by atoms with Crippen LogP contribution < -0.4 is 10.6 Å². The van der Waals surface area contributed by atoms with E-state index in [4.69, 9.17) is 11.6 Å². The summed E-state index contributed by atoms with van der Waals surface area (Å²) in [6.07, 6.45) is -5.21. The molecule has 1 atom stereocenters. The van der Waals surface area contributed by atoms with Gasteiger partial charge in [-0.15, -0.1) is 0 Å². The van der Waals surface area contributed by atoms with Crippen LogP contribution in [0.4, 0.5) is 22.0 Å². The summed E-state index contributed by atoms with van der Waals surface area (Å²) < 4.78 is 67.4. The van der Waals surface area contributed by atoms with Gasteiger partial charge in [-0.1, -0.05) is 48.0 Å². The standard InChI is InChI=1S/C30H26ClF5N4O2/c31-23-5-2-1-4-21(23)19-8-10-20(11-9-19)27(41)38-26(16-22-24(32)6-3-7-25(22)33)28(42)39-29(17-37)12-14-40(15-13-29)18-30(34,35)36/h1-11,26H,12-16,18H2,(H,38,41)(H,39,42)/t26-/m0/s1. The van der Waals surface area contributed by atoms with E-state index in [-0.39, 0.29) is 31.5 Å². The van der Waals surface area contributed by atoms with Crippen LogP contribution in [-0.4, -0.2) is 54.1 Å². The summed E-state index contributed by atoms with van der Waals surface area (Å²) in [5.41, 5.74) is -0.354. The molecule has 2 amide bonds. The molecule has 0 aromatic heterocycles. The maximum absolute atomic E-state index is 14.5. The number of nitriles is 1. The molecule has 2 N–H and O–H groups in total. The molecule has 42 heavy (non-hydrogen) atoms. The zero-order valence-corrected chi connectivity index (χ0v) is 22.9. The first-order valence-corrected chi connectivity index (χ1v) is 13.4. The van der Waals surface area contributed by atoms with Crippen LogP contribution in [-0.2, 0) is 11.2 Å². The molecule has 0 spiro atoms. The number of carbonyl (C=O) groups is 2. The number of amides is 2. The quantitative estimate of drug-likeness (QED) is 0.325. The van der Waals surface area contributed by atoms with Gasteiger partial charge < -0.3 is 10.6 Å². The molecule has 1 saturated heterocycles. The van der Waals surface area contributed by atoms with Gasteiger partial charge in [-0.05, 0) is 48.7 Å². The first kappa shape index (κ1) is 30.9. The van der Waals surface area contributed by atoms with Gasteiger partial charge in [0.25, 0.3) is 5.91 Å². The third-order valence-electron chi connectivity index (χ3n) is 7.11. The van der Waals surface area contributed by atoms with Crippen molar-refractivity contribution in [1.82, 2.24) is 15.5 Å². The lowest BCUT2D eigenvalue weighted by molar-refractivity contribution is -0.149. The third kappa shape index (κ3) is 7.63. The van der Waals surface area contributed by atoms with Crippen molar-refractivity contribution in [2.75, 3.05) is 19.6 Å². The second-order valence-corrected chi connectivity index (χ2v) is 10.5. The molecule has 6 nitrogen and oxygen atoms in total. The van der Waals surface area contributed by atoms with E-state index in [1.807, 2.05) is 6.07 Å². The molecule has 0 aliphatic carbocycles.